The number of amides is 1. The second-order valence-corrected chi connectivity index (χ2v) is 5.41. The fourth-order valence-corrected chi connectivity index (χ4v) is 2.61. The van der Waals surface area contributed by atoms with Crippen LogP contribution in [0.25, 0.3) is 10.8 Å². The lowest BCUT2D eigenvalue weighted by Crippen LogP contribution is -2.17. The largest absolute Gasteiger partial charge is 0.465 e. The normalized spacial score (nSPS) is 10.6. The Bertz CT molecular complexity index is 915. The molecule has 3 aromatic rings. The number of benzene rings is 2. The summed E-state index contributed by atoms with van der Waals surface area (Å²) in [6.45, 7) is 0. The van der Waals surface area contributed by atoms with Crippen molar-refractivity contribution in [1.29, 1.82) is 0 Å². The lowest BCUT2D eigenvalue weighted by molar-refractivity contribution is -0.115. The van der Waals surface area contributed by atoms with Crippen LogP contribution in [0.4, 0.5) is 5.69 Å². The molecule has 0 bridgehead atoms. The summed E-state index contributed by atoms with van der Waals surface area (Å²) in [6, 6.07) is 12.7. The predicted molar refractivity (Wildman–Crippen MR) is 90.8 cm³/mol. The van der Waals surface area contributed by atoms with Gasteiger partial charge in [0.2, 0.25) is 5.91 Å². The Morgan fingerprint density at radius 3 is 2.71 bits per heavy atom. The van der Waals surface area contributed by atoms with E-state index in [0.29, 0.717) is 11.3 Å². The van der Waals surface area contributed by atoms with Gasteiger partial charge in [0.1, 0.15) is 0 Å². The molecule has 0 aliphatic heterocycles. The van der Waals surface area contributed by atoms with Crippen molar-refractivity contribution in [2.75, 3.05) is 12.4 Å². The summed E-state index contributed by atoms with van der Waals surface area (Å²) in [5.41, 5.74) is 1.79. The van der Waals surface area contributed by atoms with Gasteiger partial charge in [-0.2, -0.15) is 5.10 Å². The summed E-state index contributed by atoms with van der Waals surface area (Å²) in [5.74, 6) is -0.612. The minimum Gasteiger partial charge on any atom is -0.465 e. The highest BCUT2D eigenvalue weighted by atomic mass is 16.5. The number of carbonyl (C=O) groups is 2. The molecule has 0 aliphatic rings. The van der Waals surface area contributed by atoms with Crippen molar-refractivity contribution in [2.45, 2.75) is 6.42 Å². The van der Waals surface area contributed by atoms with Crippen molar-refractivity contribution >= 4 is 28.3 Å². The lowest BCUT2D eigenvalue weighted by Gasteiger charge is -2.10. The van der Waals surface area contributed by atoms with E-state index >= 15 is 0 Å². The number of fused-ring (bicyclic) bond motifs is 1. The average Bonchev–Trinajstić information content (AvgIpc) is 2.98. The van der Waals surface area contributed by atoms with Crippen LogP contribution in [0.3, 0.4) is 0 Å². The van der Waals surface area contributed by atoms with Gasteiger partial charge < -0.3 is 10.1 Å². The fourth-order valence-electron chi connectivity index (χ4n) is 2.61. The minimum absolute atomic E-state index is 0.176. The van der Waals surface area contributed by atoms with E-state index in [9.17, 15) is 9.59 Å². The Morgan fingerprint density at radius 1 is 1.21 bits per heavy atom. The quantitative estimate of drug-likeness (QED) is 0.749. The van der Waals surface area contributed by atoms with E-state index in [1.807, 2.05) is 30.3 Å². The number of carbonyl (C=O) groups excluding carboxylic acids is 2. The zero-order valence-corrected chi connectivity index (χ0v) is 13.4. The summed E-state index contributed by atoms with van der Waals surface area (Å²) in [7, 11) is 3.12. The van der Waals surface area contributed by atoms with Crippen LogP contribution >= 0.6 is 0 Å². The van der Waals surface area contributed by atoms with E-state index in [1.54, 1.807) is 30.1 Å². The van der Waals surface area contributed by atoms with Crippen LogP contribution in [-0.4, -0.2) is 28.8 Å². The number of nitrogens with zero attached hydrogens (tertiary/aromatic N) is 2. The van der Waals surface area contributed by atoms with E-state index < -0.39 is 5.97 Å². The number of aryl methyl sites for hydroxylation is 1. The first kappa shape index (κ1) is 15.7. The lowest BCUT2D eigenvalue weighted by atomic mass is 10.0. The number of esters is 1. The van der Waals surface area contributed by atoms with Crippen molar-refractivity contribution < 1.29 is 14.3 Å². The second-order valence-electron chi connectivity index (χ2n) is 5.41. The molecule has 0 radical (unpaired) electrons. The highest BCUT2D eigenvalue weighted by molar-refractivity contribution is 6.07. The van der Waals surface area contributed by atoms with Crippen molar-refractivity contribution in [2.24, 2.45) is 7.05 Å². The van der Waals surface area contributed by atoms with Crippen LogP contribution in [0.15, 0.2) is 48.7 Å². The molecule has 0 atom stereocenters. The maximum atomic E-state index is 12.3. The second kappa shape index (κ2) is 6.54. The number of hydrogen-bond donors (Lipinski definition) is 1. The molecule has 3 rings (SSSR count). The molecule has 0 fully saturated rings. The maximum absolute atomic E-state index is 12.3. The third kappa shape index (κ3) is 3.12. The Morgan fingerprint density at radius 2 is 2.00 bits per heavy atom. The van der Waals surface area contributed by atoms with Gasteiger partial charge >= 0.3 is 5.97 Å². The van der Waals surface area contributed by atoms with Gasteiger partial charge in [-0.05, 0) is 29.0 Å². The first-order chi connectivity index (χ1) is 11.6. The summed E-state index contributed by atoms with van der Waals surface area (Å²) >= 11 is 0. The molecule has 122 valence electrons. The zero-order chi connectivity index (χ0) is 17.1. The highest BCUT2D eigenvalue weighted by Crippen LogP contribution is 2.25. The van der Waals surface area contributed by atoms with Crippen molar-refractivity contribution in [3.8, 4) is 0 Å². The summed E-state index contributed by atoms with van der Waals surface area (Å²) < 4.78 is 6.49. The van der Waals surface area contributed by atoms with Gasteiger partial charge in [-0.15, -0.1) is 0 Å². The number of aromatic nitrogens is 2. The molecule has 24 heavy (non-hydrogen) atoms. The van der Waals surface area contributed by atoms with Gasteiger partial charge in [-0.1, -0.05) is 24.3 Å². The molecule has 1 aromatic heterocycles. The molecule has 2 aromatic carbocycles. The number of nitrogens with one attached hydrogen (secondary N) is 1. The summed E-state index contributed by atoms with van der Waals surface area (Å²) in [6.07, 6.45) is 1.85. The number of methoxy groups -OCH3 is 1. The minimum atomic E-state index is -0.436. The molecule has 0 spiro atoms. The van der Waals surface area contributed by atoms with Gasteiger partial charge in [0.25, 0.3) is 0 Å². The van der Waals surface area contributed by atoms with E-state index in [2.05, 4.69) is 10.4 Å². The molecule has 6 heteroatoms. The highest BCUT2D eigenvalue weighted by Gasteiger charge is 2.14. The predicted octanol–water partition coefficient (Wildman–Crippen LogP) is 2.54. The third-order valence-corrected chi connectivity index (χ3v) is 3.82. The van der Waals surface area contributed by atoms with Crippen LogP contribution in [0.5, 0.6) is 0 Å². The van der Waals surface area contributed by atoms with Crippen LogP contribution in [-0.2, 0) is 23.0 Å². The Kier molecular flexibility index (Phi) is 4.29. The van der Waals surface area contributed by atoms with Gasteiger partial charge in [0.05, 0.1) is 19.1 Å². The molecule has 0 unspecified atom stereocenters. The molecule has 0 aliphatic carbocycles. The molecular formula is C18H17N3O3. The topological polar surface area (TPSA) is 73.2 Å². The zero-order valence-electron chi connectivity index (χ0n) is 13.4. The number of anilines is 1. The van der Waals surface area contributed by atoms with Crippen LogP contribution < -0.4 is 5.32 Å². The molecule has 1 heterocycles. The average molecular weight is 323 g/mol. The van der Waals surface area contributed by atoms with E-state index in [-0.39, 0.29) is 12.3 Å². The van der Waals surface area contributed by atoms with Gasteiger partial charge in [-0.25, -0.2) is 4.79 Å². The number of hydrogen-bond acceptors (Lipinski definition) is 4. The van der Waals surface area contributed by atoms with Gasteiger partial charge in [-0.3, -0.25) is 9.48 Å². The smallest absolute Gasteiger partial charge is 0.338 e. The Labute approximate surface area is 139 Å². The molecule has 6 nitrogen and oxygen atoms in total. The van der Waals surface area contributed by atoms with Gasteiger partial charge in [0, 0.05) is 24.6 Å². The van der Waals surface area contributed by atoms with E-state index in [4.69, 9.17) is 4.74 Å². The summed E-state index contributed by atoms with van der Waals surface area (Å²) in [4.78, 5) is 24.3. The molecule has 1 amide bonds. The van der Waals surface area contributed by atoms with Crippen molar-refractivity contribution in [3.63, 3.8) is 0 Å². The number of rotatable bonds is 4. The first-order valence-corrected chi connectivity index (χ1v) is 7.46. The van der Waals surface area contributed by atoms with Crippen LogP contribution in [0, 0.1) is 0 Å². The Balaban J connectivity index is 1.90. The third-order valence-electron chi connectivity index (χ3n) is 3.82. The Hall–Kier alpha value is -3.15. The van der Waals surface area contributed by atoms with Gasteiger partial charge in [0.15, 0.2) is 0 Å². The number of ether oxygens (including phenoxy) is 1. The molecule has 1 N–H and O–H groups in total. The van der Waals surface area contributed by atoms with Crippen molar-refractivity contribution in [1.82, 2.24) is 9.78 Å². The first-order valence-electron chi connectivity index (χ1n) is 7.46. The summed E-state index contributed by atoms with van der Waals surface area (Å²) in [5, 5.41) is 8.52. The van der Waals surface area contributed by atoms with E-state index in [1.165, 1.54) is 7.11 Å². The standard InChI is InChI=1S/C18H17N3O3/c1-21-14(7-8-19-21)11-17(22)20-13-9-12-5-3-4-6-15(12)16(10-13)18(23)24-2/h3-10H,11H2,1-2H3,(H,20,22). The SMILES string of the molecule is COC(=O)c1cc(NC(=O)Cc2ccnn2C)cc2ccccc12. The fraction of sp³-hybridized carbons (Fsp3) is 0.167. The monoisotopic (exact) mass is 323 g/mol. The molecular weight excluding hydrogens is 306 g/mol. The van der Waals surface area contributed by atoms with Crippen LogP contribution in [0.1, 0.15) is 16.1 Å². The maximum Gasteiger partial charge on any atom is 0.338 e. The van der Waals surface area contributed by atoms with Crippen LogP contribution in [0.2, 0.25) is 0 Å². The molecule has 0 saturated heterocycles. The van der Waals surface area contributed by atoms with Crippen molar-refractivity contribution in [3.05, 3.63) is 59.9 Å². The van der Waals surface area contributed by atoms with E-state index in [0.717, 1.165) is 16.5 Å². The molecule has 0 saturated carbocycles.